The molecule has 0 spiro atoms. The number of benzene rings is 5. The number of aromatic nitrogens is 2. The van der Waals surface area contributed by atoms with Crippen LogP contribution in [0.25, 0.3) is 0 Å². The number of hydrogen-bond acceptors (Lipinski definition) is 10. The summed E-state index contributed by atoms with van der Waals surface area (Å²) >= 11 is 0. The number of amides is 1. The summed E-state index contributed by atoms with van der Waals surface area (Å²) in [4.78, 5) is 54.2. The first kappa shape index (κ1) is 42.0. The molecule has 5 aromatic carbocycles. The average Bonchev–Trinajstić information content (AvgIpc) is 3.24. The first-order valence-electron chi connectivity index (χ1n) is 18.6. The Bertz CT molecular complexity index is 2490. The summed E-state index contributed by atoms with van der Waals surface area (Å²) in [5, 5.41) is 11.4. The minimum atomic E-state index is -4.45. The van der Waals surface area contributed by atoms with E-state index in [-0.39, 0.29) is 17.0 Å². The van der Waals surface area contributed by atoms with Crippen LogP contribution >= 0.6 is 7.60 Å². The van der Waals surface area contributed by atoms with Crippen LogP contribution < -0.4 is 20.5 Å². The van der Waals surface area contributed by atoms with Gasteiger partial charge in [-0.1, -0.05) is 91.0 Å². The molecule has 3 unspecified atom stereocenters. The van der Waals surface area contributed by atoms with Gasteiger partial charge < -0.3 is 18.9 Å². The van der Waals surface area contributed by atoms with E-state index < -0.39 is 60.4 Å². The van der Waals surface area contributed by atoms with Gasteiger partial charge in [0.05, 0.1) is 18.1 Å². The first-order chi connectivity index (χ1) is 28.3. The van der Waals surface area contributed by atoms with Gasteiger partial charge in [-0.15, -0.1) is 0 Å². The van der Waals surface area contributed by atoms with E-state index in [1.54, 1.807) is 63.4 Å². The first-order valence-corrected chi connectivity index (χ1v) is 20.3. The number of carbonyl (C=O) groups is 1. The third-order valence-electron chi connectivity index (χ3n) is 9.66. The fraction of sp³-hybridized carbons (Fsp3) is 0.205. The normalized spacial score (nSPS) is 13.4. The average molecular weight is 819 g/mol. The molecular weight excluding hydrogens is 775 g/mol. The molecule has 1 aromatic heterocycles. The Kier molecular flexibility index (Phi) is 13.1. The number of nitro benzene ring substituents is 1. The third kappa shape index (κ3) is 9.75. The standard InChI is InChI=1S/C44H43N4O10P/c1-31-28-46(43(51)45-42(31)50)29-41(49)47(30-59(54,58-40-18-12-7-13-19-40)57-32(2)34-20-24-38(25-21-34)48(52)53)33(3)56-44(35-14-8-5-9-15-35,36-16-10-6-11-17-36)37-22-26-39(55-4)27-23-37/h5-28,32-33H,29-30H2,1-4H3,(H,45,50,51). The Hall–Kier alpha value is -6.60. The van der Waals surface area contributed by atoms with Crippen LogP contribution in [0.2, 0.25) is 0 Å². The highest BCUT2D eigenvalue weighted by Gasteiger charge is 2.43. The third-order valence-corrected chi connectivity index (χ3v) is 11.4. The van der Waals surface area contributed by atoms with Crippen molar-refractivity contribution in [1.29, 1.82) is 0 Å². The zero-order valence-corrected chi connectivity index (χ0v) is 33.7. The summed E-state index contributed by atoms with van der Waals surface area (Å²) in [6, 6.07) is 40.0. The highest BCUT2D eigenvalue weighted by Crippen LogP contribution is 2.53. The summed E-state index contributed by atoms with van der Waals surface area (Å²) in [7, 11) is -2.89. The number of H-pyrrole nitrogens is 1. The Labute approximate surface area is 340 Å². The number of nitrogens with one attached hydrogen (secondary N) is 1. The molecule has 0 saturated carbocycles. The predicted molar refractivity (Wildman–Crippen MR) is 221 cm³/mol. The largest absolute Gasteiger partial charge is 0.497 e. The second kappa shape index (κ2) is 18.3. The molecule has 15 heteroatoms. The van der Waals surface area contributed by atoms with Crippen molar-refractivity contribution >= 4 is 19.2 Å². The van der Waals surface area contributed by atoms with Crippen LogP contribution in [0.1, 0.15) is 47.8 Å². The van der Waals surface area contributed by atoms with Crippen molar-refractivity contribution < 1.29 is 32.8 Å². The summed E-state index contributed by atoms with van der Waals surface area (Å²) in [6.45, 7) is 4.15. The molecule has 1 heterocycles. The fourth-order valence-corrected chi connectivity index (χ4v) is 8.62. The molecule has 0 radical (unpaired) electrons. The highest BCUT2D eigenvalue weighted by atomic mass is 31.2. The minimum Gasteiger partial charge on any atom is -0.497 e. The number of para-hydroxylation sites is 1. The second-order valence-corrected chi connectivity index (χ2v) is 15.6. The summed E-state index contributed by atoms with van der Waals surface area (Å²) in [5.74, 6) is 0.0640. The summed E-state index contributed by atoms with van der Waals surface area (Å²) < 4.78 is 41.4. The number of ether oxygens (including phenoxy) is 2. The van der Waals surface area contributed by atoms with Crippen molar-refractivity contribution in [3.63, 3.8) is 0 Å². The highest BCUT2D eigenvalue weighted by molar-refractivity contribution is 7.54. The van der Waals surface area contributed by atoms with Gasteiger partial charge in [0.15, 0.2) is 0 Å². The van der Waals surface area contributed by atoms with Crippen LogP contribution in [0.5, 0.6) is 11.5 Å². The SMILES string of the molecule is COc1ccc(C(OC(C)N(CP(=O)(Oc2ccccc2)OC(C)c2ccc([N+](=O)[O-])cc2)C(=O)Cn2cc(C)c(=O)[nH]c2=O)(c2ccccc2)c2ccccc2)cc1. The smallest absolute Gasteiger partial charge is 0.399 e. The van der Waals surface area contributed by atoms with Crippen molar-refractivity contribution in [2.45, 2.75) is 45.2 Å². The Balaban J connectivity index is 1.49. The number of rotatable bonds is 17. The van der Waals surface area contributed by atoms with Gasteiger partial charge in [0.25, 0.3) is 11.2 Å². The molecule has 0 fully saturated rings. The summed E-state index contributed by atoms with van der Waals surface area (Å²) in [6.07, 6.45) is -1.59. The molecule has 304 valence electrons. The molecule has 0 bridgehead atoms. The Morgan fingerprint density at radius 2 is 1.36 bits per heavy atom. The van der Waals surface area contributed by atoms with Gasteiger partial charge in [-0.05, 0) is 79.4 Å². The molecule has 6 aromatic rings. The monoisotopic (exact) mass is 818 g/mol. The van der Waals surface area contributed by atoms with E-state index in [2.05, 4.69) is 4.98 Å². The summed E-state index contributed by atoms with van der Waals surface area (Å²) in [5.41, 5.74) is -0.229. The number of carbonyl (C=O) groups excluding carboxylic acids is 1. The molecule has 0 aliphatic heterocycles. The molecule has 59 heavy (non-hydrogen) atoms. The van der Waals surface area contributed by atoms with Crippen molar-refractivity contribution in [3.05, 3.63) is 204 Å². The lowest BCUT2D eigenvalue weighted by atomic mass is 9.80. The molecular formula is C44H43N4O10P. The van der Waals surface area contributed by atoms with Crippen molar-refractivity contribution in [2.75, 3.05) is 13.4 Å². The maximum absolute atomic E-state index is 15.3. The van der Waals surface area contributed by atoms with E-state index in [1.807, 2.05) is 72.8 Å². The maximum Gasteiger partial charge on any atom is 0.399 e. The molecule has 14 nitrogen and oxygen atoms in total. The molecule has 0 aliphatic carbocycles. The maximum atomic E-state index is 15.3. The molecule has 0 aliphatic rings. The quantitative estimate of drug-likeness (QED) is 0.0313. The van der Waals surface area contributed by atoms with Gasteiger partial charge in [-0.2, -0.15) is 0 Å². The van der Waals surface area contributed by atoms with Crippen molar-refractivity contribution in [2.24, 2.45) is 0 Å². The van der Waals surface area contributed by atoms with Gasteiger partial charge >= 0.3 is 13.3 Å². The van der Waals surface area contributed by atoms with Gasteiger partial charge in [-0.3, -0.25) is 33.8 Å². The lowest BCUT2D eigenvalue weighted by molar-refractivity contribution is -0.384. The van der Waals surface area contributed by atoms with Crippen LogP contribution in [0.3, 0.4) is 0 Å². The minimum absolute atomic E-state index is 0.141. The number of methoxy groups -OCH3 is 1. The number of nitro groups is 1. The van der Waals surface area contributed by atoms with Crippen LogP contribution in [0, 0.1) is 17.0 Å². The van der Waals surface area contributed by atoms with E-state index in [0.717, 1.165) is 4.57 Å². The lowest BCUT2D eigenvalue weighted by Gasteiger charge is -2.41. The van der Waals surface area contributed by atoms with E-state index in [0.29, 0.717) is 28.0 Å². The zero-order chi connectivity index (χ0) is 42.2. The molecule has 6 rings (SSSR count). The van der Waals surface area contributed by atoms with Gasteiger partial charge in [0.1, 0.15) is 36.2 Å². The van der Waals surface area contributed by atoms with Crippen LogP contribution in [0.15, 0.2) is 155 Å². The topological polar surface area (TPSA) is 172 Å². The van der Waals surface area contributed by atoms with E-state index in [9.17, 15) is 24.5 Å². The predicted octanol–water partition coefficient (Wildman–Crippen LogP) is 7.95. The number of aromatic amines is 1. The number of nitrogens with zero attached hydrogens (tertiary/aromatic N) is 3. The van der Waals surface area contributed by atoms with Gasteiger partial charge in [0.2, 0.25) is 5.91 Å². The molecule has 0 saturated heterocycles. The van der Waals surface area contributed by atoms with Crippen molar-refractivity contribution in [1.82, 2.24) is 14.5 Å². The molecule has 3 atom stereocenters. The number of aryl methyl sites for hydroxylation is 1. The Morgan fingerprint density at radius 3 is 1.90 bits per heavy atom. The van der Waals surface area contributed by atoms with E-state index >= 15 is 4.57 Å². The zero-order valence-electron chi connectivity index (χ0n) is 32.8. The second-order valence-electron chi connectivity index (χ2n) is 13.7. The van der Waals surface area contributed by atoms with Crippen LogP contribution in [-0.2, 0) is 30.8 Å². The molecule has 1 N–H and O–H groups in total. The molecule has 1 amide bonds. The van der Waals surface area contributed by atoms with Crippen molar-refractivity contribution in [3.8, 4) is 11.5 Å². The fourth-order valence-electron chi connectivity index (χ4n) is 6.65. The van der Waals surface area contributed by atoms with Gasteiger partial charge in [-0.25, -0.2) is 9.36 Å². The van der Waals surface area contributed by atoms with Crippen LogP contribution in [0.4, 0.5) is 5.69 Å². The lowest BCUT2D eigenvalue weighted by Crippen LogP contribution is -2.48. The van der Waals surface area contributed by atoms with Crippen LogP contribution in [-0.4, -0.2) is 44.9 Å². The Morgan fingerprint density at radius 1 is 0.814 bits per heavy atom. The number of hydrogen-bond donors (Lipinski definition) is 1. The van der Waals surface area contributed by atoms with Gasteiger partial charge in [0, 0.05) is 23.9 Å². The van der Waals surface area contributed by atoms with E-state index in [1.165, 1.54) is 42.3 Å². The number of non-ortho nitro benzene ring substituents is 1. The van der Waals surface area contributed by atoms with E-state index in [4.69, 9.17) is 18.5 Å².